The van der Waals surface area contributed by atoms with Gasteiger partial charge in [-0.05, 0) is 30.4 Å². The summed E-state index contributed by atoms with van der Waals surface area (Å²) in [6, 6.07) is 7.55. The number of hydrogen-bond donors (Lipinski definition) is 2. The van der Waals surface area contributed by atoms with Crippen LogP contribution in [0.3, 0.4) is 0 Å². The van der Waals surface area contributed by atoms with Gasteiger partial charge in [0.05, 0.1) is 0 Å². The number of nitrogens with one attached hydrogen (secondary N) is 2. The average Bonchev–Trinajstić information content (AvgIpc) is 3.04. The molecule has 0 saturated carbocycles. The first kappa shape index (κ1) is 17.5. The number of benzene rings is 1. The van der Waals surface area contributed by atoms with Gasteiger partial charge in [-0.3, -0.25) is 9.59 Å². The third kappa shape index (κ3) is 4.03. The standard InChI is InChI=1S/C20H27N3O2/c1-3-19(24)22-18(20(25)23-10-8-14(2)9-11-23)12-15-13-21-17-7-5-4-6-16(15)17/h4-7,13-14,18,21H,3,8-12H2,1-2H3,(H,22,24)/t18-/m0/s1. The van der Waals surface area contributed by atoms with E-state index in [1.807, 2.05) is 42.3 Å². The SMILES string of the molecule is CCC(=O)N[C@@H](Cc1c[nH]c2ccccc12)C(=O)N1CCC(C)CC1. The Kier molecular flexibility index (Phi) is 5.41. The molecule has 0 aliphatic carbocycles. The fourth-order valence-corrected chi connectivity index (χ4v) is 3.47. The number of likely N-dealkylation sites (tertiary alicyclic amines) is 1. The summed E-state index contributed by atoms with van der Waals surface area (Å²) in [4.78, 5) is 30.1. The lowest BCUT2D eigenvalue weighted by Crippen LogP contribution is -2.51. The Bertz CT molecular complexity index is 744. The molecule has 1 aromatic heterocycles. The summed E-state index contributed by atoms with van der Waals surface area (Å²) in [7, 11) is 0. The summed E-state index contributed by atoms with van der Waals surface area (Å²) in [5.41, 5.74) is 2.12. The smallest absolute Gasteiger partial charge is 0.245 e. The van der Waals surface area contributed by atoms with E-state index in [4.69, 9.17) is 0 Å². The van der Waals surface area contributed by atoms with Crippen molar-refractivity contribution in [2.75, 3.05) is 13.1 Å². The minimum atomic E-state index is -0.500. The molecule has 1 aromatic carbocycles. The average molecular weight is 341 g/mol. The summed E-state index contributed by atoms with van der Waals surface area (Å²) in [5, 5.41) is 4.04. The zero-order valence-corrected chi connectivity index (χ0v) is 15.0. The second-order valence-electron chi connectivity index (χ2n) is 7.05. The van der Waals surface area contributed by atoms with Crippen molar-refractivity contribution in [3.8, 4) is 0 Å². The Morgan fingerprint density at radius 3 is 2.72 bits per heavy atom. The van der Waals surface area contributed by atoms with Crippen molar-refractivity contribution in [2.45, 2.75) is 45.6 Å². The molecule has 5 nitrogen and oxygen atoms in total. The van der Waals surface area contributed by atoms with Gasteiger partial charge >= 0.3 is 0 Å². The molecule has 1 fully saturated rings. The first-order chi connectivity index (χ1) is 12.1. The Balaban J connectivity index is 1.79. The number of aromatic amines is 1. The van der Waals surface area contributed by atoms with Crippen LogP contribution >= 0.6 is 0 Å². The molecule has 2 heterocycles. The molecule has 1 saturated heterocycles. The molecule has 1 aliphatic heterocycles. The van der Waals surface area contributed by atoms with Gasteiger partial charge in [0.1, 0.15) is 6.04 Å². The van der Waals surface area contributed by atoms with Gasteiger partial charge in [-0.1, -0.05) is 32.0 Å². The molecule has 0 spiro atoms. The molecule has 25 heavy (non-hydrogen) atoms. The lowest BCUT2D eigenvalue weighted by atomic mass is 9.97. The molecule has 2 aromatic rings. The number of H-pyrrole nitrogens is 1. The fourth-order valence-electron chi connectivity index (χ4n) is 3.47. The summed E-state index contributed by atoms with van der Waals surface area (Å²) in [6.07, 6.45) is 4.91. The van der Waals surface area contributed by atoms with E-state index >= 15 is 0 Å². The molecular formula is C20H27N3O2. The maximum Gasteiger partial charge on any atom is 0.245 e. The van der Waals surface area contributed by atoms with Crippen LogP contribution in [0, 0.1) is 5.92 Å². The molecular weight excluding hydrogens is 314 g/mol. The molecule has 0 unspecified atom stereocenters. The highest BCUT2D eigenvalue weighted by molar-refractivity contribution is 5.89. The first-order valence-corrected chi connectivity index (χ1v) is 9.21. The lowest BCUT2D eigenvalue weighted by molar-refractivity contribution is -0.137. The number of para-hydroxylation sites is 1. The van der Waals surface area contributed by atoms with Crippen molar-refractivity contribution in [2.24, 2.45) is 5.92 Å². The van der Waals surface area contributed by atoms with Crippen LogP contribution in [0.15, 0.2) is 30.5 Å². The number of hydrogen-bond acceptors (Lipinski definition) is 2. The second-order valence-corrected chi connectivity index (χ2v) is 7.05. The Morgan fingerprint density at radius 1 is 1.28 bits per heavy atom. The van der Waals surface area contributed by atoms with Crippen LogP contribution in [0.1, 0.15) is 38.7 Å². The first-order valence-electron chi connectivity index (χ1n) is 9.21. The molecule has 0 radical (unpaired) electrons. The summed E-state index contributed by atoms with van der Waals surface area (Å²) >= 11 is 0. The third-order valence-corrected chi connectivity index (χ3v) is 5.15. The van der Waals surface area contributed by atoms with Gasteiger partial charge < -0.3 is 15.2 Å². The molecule has 2 N–H and O–H groups in total. The van der Waals surface area contributed by atoms with Gasteiger partial charge in [0.15, 0.2) is 0 Å². The van der Waals surface area contributed by atoms with Gasteiger partial charge in [-0.2, -0.15) is 0 Å². The van der Waals surface area contributed by atoms with E-state index in [1.54, 1.807) is 0 Å². The highest BCUT2D eigenvalue weighted by Gasteiger charge is 2.28. The minimum Gasteiger partial charge on any atom is -0.361 e. The molecule has 0 bridgehead atoms. The quantitative estimate of drug-likeness (QED) is 0.878. The normalized spacial score (nSPS) is 16.8. The Labute approximate surface area is 148 Å². The van der Waals surface area contributed by atoms with E-state index < -0.39 is 6.04 Å². The van der Waals surface area contributed by atoms with Crippen molar-refractivity contribution >= 4 is 22.7 Å². The number of rotatable bonds is 5. The van der Waals surface area contributed by atoms with E-state index in [-0.39, 0.29) is 11.8 Å². The van der Waals surface area contributed by atoms with Crippen molar-refractivity contribution in [3.63, 3.8) is 0 Å². The van der Waals surface area contributed by atoms with Crippen LogP contribution in [0.2, 0.25) is 0 Å². The highest BCUT2D eigenvalue weighted by atomic mass is 16.2. The Morgan fingerprint density at radius 2 is 2.00 bits per heavy atom. The van der Waals surface area contributed by atoms with Crippen LogP contribution in [-0.4, -0.2) is 40.8 Å². The number of piperidine rings is 1. The zero-order chi connectivity index (χ0) is 17.8. The number of amides is 2. The molecule has 1 aliphatic rings. The van der Waals surface area contributed by atoms with Gasteiger partial charge in [0, 0.05) is 43.0 Å². The molecule has 2 amide bonds. The molecule has 134 valence electrons. The van der Waals surface area contributed by atoms with Crippen molar-refractivity contribution < 1.29 is 9.59 Å². The van der Waals surface area contributed by atoms with E-state index in [1.165, 1.54) is 0 Å². The maximum absolute atomic E-state index is 13.0. The van der Waals surface area contributed by atoms with Crippen LogP contribution < -0.4 is 5.32 Å². The minimum absolute atomic E-state index is 0.0407. The predicted molar refractivity (Wildman–Crippen MR) is 99.2 cm³/mol. The van der Waals surface area contributed by atoms with E-state index in [0.717, 1.165) is 42.4 Å². The van der Waals surface area contributed by atoms with E-state index in [9.17, 15) is 9.59 Å². The van der Waals surface area contributed by atoms with Crippen molar-refractivity contribution in [1.82, 2.24) is 15.2 Å². The van der Waals surface area contributed by atoms with Crippen LogP contribution in [0.5, 0.6) is 0 Å². The Hall–Kier alpha value is -2.30. The van der Waals surface area contributed by atoms with Gasteiger partial charge in [-0.25, -0.2) is 0 Å². The number of carbonyl (C=O) groups excluding carboxylic acids is 2. The van der Waals surface area contributed by atoms with Crippen LogP contribution in [0.25, 0.3) is 10.9 Å². The number of carbonyl (C=O) groups is 2. The van der Waals surface area contributed by atoms with Crippen molar-refractivity contribution in [1.29, 1.82) is 0 Å². The van der Waals surface area contributed by atoms with Crippen molar-refractivity contribution in [3.05, 3.63) is 36.0 Å². The predicted octanol–water partition coefficient (Wildman–Crippen LogP) is 2.86. The summed E-state index contributed by atoms with van der Waals surface area (Å²) in [6.45, 7) is 5.61. The number of aromatic nitrogens is 1. The van der Waals surface area contributed by atoms with Gasteiger partial charge in [0.25, 0.3) is 0 Å². The number of fused-ring (bicyclic) bond motifs is 1. The van der Waals surface area contributed by atoms with E-state index in [2.05, 4.69) is 17.2 Å². The fraction of sp³-hybridized carbons (Fsp3) is 0.500. The van der Waals surface area contributed by atoms with E-state index in [0.29, 0.717) is 18.8 Å². The summed E-state index contributed by atoms with van der Waals surface area (Å²) < 4.78 is 0. The highest BCUT2D eigenvalue weighted by Crippen LogP contribution is 2.21. The van der Waals surface area contributed by atoms with Gasteiger partial charge in [0.2, 0.25) is 11.8 Å². The zero-order valence-electron chi connectivity index (χ0n) is 15.0. The largest absolute Gasteiger partial charge is 0.361 e. The third-order valence-electron chi connectivity index (χ3n) is 5.15. The van der Waals surface area contributed by atoms with Crippen LogP contribution in [0.4, 0.5) is 0 Å². The monoisotopic (exact) mass is 341 g/mol. The van der Waals surface area contributed by atoms with Gasteiger partial charge in [-0.15, -0.1) is 0 Å². The maximum atomic E-state index is 13.0. The summed E-state index contributed by atoms with van der Waals surface area (Å²) in [5.74, 6) is 0.629. The molecule has 3 rings (SSSR count). The van der Waals surface area contributed by atoms with Crippen LogP contribution in [-0.2, 0) is 16.0 Å². The molecule has 1 atom stereocenters. The topological polar surface area (TPSA) is 65.2 Å². The lowest BCUT2D eigenvalue weighted by Gasteiger charge is -2.33. The number of nitrogens with zero attached hydrogens (tertiary/aromatic N) is 1. The molecule has 5 heteroatoms. The second kappa shape index (κ2) is 7.72.